The van der Waals surface area contributed by atoms with Gasteiger partial charge >= 0.3 is 18.2 Å². The molecule has 1 aliphatic carbocycles. The van der Waals surface area contributed by atoms with Gasteiger partial charge in [-0.05, 0) is 103 Å². The van der Waals surface area contributed by atoms with Gasteiger partial charge in [0.1, 0.15) is 17.1 Å². The molecule has 0 bridgehead atoms. The average molecular weight is 731 g/mol. The molecule has 2 amide bonds. The second-order valence-corrected chi connectivity index (χ2v) is 16.7. The molecule has 1 aliphatic heterocycles. The van der Waals surface area contributed by atoms with Crippen LogP contribution in [0.2, 0.25) is 0 Å². The monoisotopic (exact) mass is 730 g/mol. The molecular weight excluding hydrogens is 677 g/mol. The zero-order valence-electron chi connectivity index (χ0n) is 32.5. The van der Waals surface area contributed by atoms with Crippen molar-refractivity contribution < 1.29 is 28.6 Å². The standard InChI is InChI=1S/C46H54N2O6/c1-45(2,3)36-21-24-37(25-22-36)52-38-23-20-35-26-27-48(41(39(35)29-38)28-31-12-10-11-13-31)44(51)53-43(50)47-30-40(42(49)54-46(4,5)6)34-18-16-33(17-19-34)32-14-8-7-9-15-32/h7-9,14-25,29,31,40-41H,10-13,26-28,30H2,1-6H3,(H,47,50). The van der Waals surface area contributed by atoms with Crippen LogP contribution in [-0.4, -0.2) is 41.7 Å². The van der Waals surface area contributed by atoms with Crippen LogP contribution in [0.5, 0.6) is 11.5 Å². The number of alkyl carbamates (subject to hydrolysis) is 1. The van der Waals surface area contributed by atoms with Gasteiger partial charge in [-0.15, -0.1) is 0 Å². The largest absolute Gasteiger partial charge is 0.459 e. The molecule has 8 nitrogen and oxygen atoms in total. The first-order chi connectivity index (χ1) is 25.7. The van der Waals surface area contributed by atoms with Crippen molar-refractivity contribution in [3.63, 3.8) is 0 Å². The fraction of sp³-hybridized carbons (Fsp3) is 0.413. The zero-order valence-corrected chi connectivity index (χ0v) is 32.5. The molecule has 284 valence electrons. The van der Waals surface area contributed by atoms with E-state index in [0.717, 1.165) is 41.7 Å². The Morgan fingerprint density at radius 1 is 0.796 bits per heavy atom. The number of ether oxygens (including phenoxy) is 3. The Labute approximate surface area is 320 Å². The number of nitrogens with one attached hydrogen (secondary N) is 1. The van der Waals surface area contributed by atoms with Gasteiger partial charge in [0, 0.05) is 13.1 Å². The van der Waals surface area contributed by atoms with Crippen molar-refractivity contribution >= 4 is 18.2 Å². The minimum atomic E-state index is -0.907. The molecule has 1 N–H and O–H groups in total. The predicted octanol–water partition coefficient (Wildman–Crippen LogP) is 10.9. The Kier molecular flexibility index (Phi) is 11.8. The Balaban J connectivity index is 1.16. The van der Waals surface area contributed by atoms with Crippen molar-refractivity contribution in [3.05, 3.63) is 119 Å². The van der Waals surface area contributed by atoms with Crippen LogP contribution in [-0.2, 0) is 26.1 Å². The van der Waals surface area contributed by atoms with Gasteiger partial charge in [-0.3, -0.25) is 4.79 Å². The lowest BCUT2D eigenvalue weighted by atomic mass is 9.86. The molecule has 0 aromatic heterocycles. The number of benzene rings is 4. The van der Waals surface area contributed by atoms with E-state index in [4.69, 9.17) is 14.2 Å². The molecule has 1 saturated carbocycles. The predicted molar refractivity (Wildman–Crippen MR) is 212 cm³/mol. The quantitative estimate of drug-likeness (QED) is 0.136. The molecule has 0 spiro atoms. The smallest absolute Gasteiger partial charge is 0.419 e. The van der Waals surface area contributed by atoms with Crippen LogP contribution in [0.25, 0.3) is 11.1 Å². The normalized spacial score (nSPS) is 16.6. The number of hydrogen-bond donors (Lipinski definition) is 1. The van der Waals surface area contributed by atoms with Crippen molar-refractivity contribution in [1.29, 1.82) is 0 Å². The lowest BCUT2D eigenvalue weighted by Crippen LogP contribution is -2.44. The third kappa shape index (κ3) is 9.90. The molecule has 8 heteroatoms. The summed E-state index contributed by atoms with van der Waals surface area (Å²) < 4.78 is 17.5. The van der Waals surface area contributed by atoms with Crippen molar-refractivity contribution in [2.24, 2.45) is 5.92 Å². The number of carbonyl (C=O) groups excluding carboxylic acids is 3. The molecule has 0 saturated heterocycles. The van der Waals surface area contributed by atoms with Crippen LogP contribution in [0.4, 0.5) is 9.59 Å². The second kappa shape index (κ2) is 16.5. The summed E-state index contributed by atoms with van der Waals surface area (Å²) >= 11 is 0. The van der Waals surface area contributed by atoms with Crippen LogP contribution < -0.4 is 10.1 Å². The van der Waals surface area contributed by atoms with Gasteiger partial charge in [0.25, 0.3) is 0 Å². The molecule has 2 unspecified atom stereocenters. The highest BCUT2D eigenvalue weighted by molar-refractivity contribution is 5.85. The van der Waals surface area contributed by atoms with E-state index < -0.39 is 29.7 Å². The molecule has 2 atom stereocenters. The summed E-state index contributed by atoms with van der Waals surface area (Å²) in [6.45, 7) is 12.3. The number of fused-ring (bicyclic) bond motifs is 1. The van der Waals surface area contributed by atoms with Crippen molar-refractivity contribution in [2.75, 3.05) is 13.1 Å². The number of rotatable bonds is 9. The van der Waals surface area contributed by atoms with E-state index in [-0.39, 0.29) is 18.0 Å². The number of hydrogen-bond acceptors (Lipinski definition) is 6. The third-order valence-corrected chi connectivity index (χ3v) is 10.4. The lowest BCUT2D eigenvalue weighted by molar-refractivity contribution is -0.156. The van der Waals surface area contributed by atoms with E-state index in [1.165, 1.54) is 24.0 Å². The van der Waals surface area contributed by atoms with Gasteiger partial charge in [0.05, 0.1) is 12.0 Å². The van der Waals surface area contributed by atoms with Gasteiger partial charge in [0.2, 0.25) is 0 Å². The van der Waals surface area contributed by atoms with Crippen LogP contribution in [0.1, 0.15) is 108 Å². The highest BCUT2D eigenvalue weighted by Gasteiger charge is 2.36. The number of carbonyl (C=O) groups is 3. The SMILES string of the molecule is CC(C)(C)OC(=O)C(CNC(=O)OC(=O)N1CCc2ccc(Oc3ccc(C(C)(C)C)cc3)cc2C1CC1CCCC1)c1ccc(-c2ccccc2)cc1. The van der Waals surface area contributed by atoms with Crippen molar-refractivity contribution in [3.8, 4) is 22.6 Å². The van der Waals surface area contributed by atoms with Crippen molar-refractivity contribution in [2.45, 2.75) is 103 Å². The van der Waals surface area contributed by atoms with Gasteiger partial charge in [-0.1, -0.05) is 119 Å². The summed E-state index contributed by atoms with van der Waals surface area (Å²) in [7, 11) is 0. The van der Waals surface area contributed by atoms with E-state index in [2.05, 4.69) is 44.3 Å². The van der Waals surface area contributed by atoms with Crippen LogP contribution >= 0.6 is 0 Å². The van der Waals surface area contributed by atoms with Gasteiger partial charge in [0.15, 0.2) is 0 Å². The van der Waals surface area contributed by atoms with E-state index in [1.54, 1.807) is 25.7 Å². The molecule has 6 rings (SSSR count). The van der Waals surface area contributed by atoms with Gasteiger partial charge in [-0.25, -0.2) is 9.59 Å². The summed E-state index contributed by atoms with van der Waals surface area (Å²) in [5, 5.41) is 2.69. The number of esters is 1. The Morgan fingerprint density at radius 2 is 1.44 bits per heavy atom. The van der Waals surface area contributed by atoms with Crippen LogP contribution in [0.15, 0.2) is 97.1 Å². The first kappa shape index (κ1) is 38.6. The highest BCUT2D eigenvalue weighted by Crippen LogP contribution is 2.41. The molecule has 0 radical (unpaired) electrons. The molecule has 4 aromatic rings. The summed E-state index contributed by atoms with van der Waals surface area (Å²) in [6.07, 6.45) is 4.40. The number of amides is 2. The van der Waals surface area contributed by atoms with Gasteiger partial charge in [-0.2, -0.15) is 0 Å². The zero-order chi connectivity index (χ0) is 38.5. The van der Waals surface area contributed by atoms with Gasteiger partial charge < -0.3 is 24.4 Å². The molecule has 54 heavy (non-hydrogen) atoms. The summed E-state index contributed by atoms with van der Waals surface area (Å²) in [5.74, 6) is 0.635. The maximum atomic E-state index is 13.8. The Morgan fingerprint density at radius 3 is 2.09 bits per heavy atom. The molecule has 1 fully saturated rings. The second-order valence-electron chi connectivity index (χ2n) is 16.7. The maximum Gasteiger partial charge on any atom is 0.419 e. The Hall–Kier alpha value is -5.11. The fourth-order valence-electron chi connectivity index (χ4n) is 7.54. The molecular formula is C46H54N2O6. The highest BCUT2D eigenvalue weighted by atomic mass is 16.6. The first-order valence-electron chi connectivity index (χ1n) is 19.3. The molecule has 1 heterocycles. The number of nitrogens with zero attached hydrogens (tertiary/aromatic N) is 1. The summed E-state index contributed by atoms with van der Waals surface area (Å²) in [4.78, 5) is 42.2. The first-order valence-corrected chi connectivity index (χ1v) is 19.3. The van der Waals surface area contributed by atoms with Crippen LogP contribution in [0.3, 0.4) is 0 Å². The van der Waals surface area contributed by atoms with E-state index in [1.807, 2.05) is 78.9 Å². The minimum Gasteiger partial charge on any atom is -0.459 e. The molecule has 4 aromatic carbocycles. The topological polar surface area (TPSA) is 94.2 Å². The van der Waals surface area contributed by atoms with E-state index >= 15 is 0 Å². The van der Waals surface area contributed by atoms with E-state index in [9.17, 15) is 14.4 Å². The molecule has 2 aliphatic rings. The average Bonchev–Trinajstić information content (AvgIpc) is 3.65. The summed E-state index contributed by atoms with van der Waals surface area (Å²) in [5.41, 5.74) is 5.48. The third-order valence-electron chi connectivity index (χ3n) is 10.4. The fourth-order valence-corrected chi connectivity index (χ4v) is 7.54. The Bertz CT molecular complexity index is 1900. The minimum absolute atomic E-state index is 0.0433. The maximum absolute atomic E-state index is 13.8. The van der Waals surface area contributed by atoms with Crippen LogP contribution in [0, 0.1) is 5.92 Å². The van der Waals surface area contributed by atoms with Crippen molar-refractivity contribution in [1.82, 2.24) is 10.2 Å². The van der Waals surface area contributed by atoms with E-state index in [0.29, 0.717) is 30.2 Å². The lowest BCUT2D eigenvalue weighted by Gasteiger charge is -2.38. The summed E-state index contributed by atoms with van der Waals surface area (Å²) in [6, 6.07) is 31.6.